The summed E-state index contributed by atoms with van der Waals surface area (Å²) in [4.78, 5) is 0. The van der Waals surface area contributed by atoms with E-state index in [0.717, 1.165) is 49.4 Å². The molecular formula is C17H26BrNO2. The van der Waals surface area contributed by atoms with E-state index in [-0.39, 0.29) is 5.41 Å². The van der Waals surface area contributed by atoms with Crippen LogP contribution in [0.15, 0.2) is 22.7 Å². The fraction of sp³-hybridized carbons (Fsp3) is 0.647. The molecule has 3 nitrogen and oxygen atoms in total. The van der Waals surface area contributed by atoms with E-state index in [1.165, 1.54) is 5.56 Å². The molecule has 1 heterocycles. The van der Waals surface area contributed by atoms with Crippen LogP contribution in [0, 0.1) is 11.3 Å². The van der Waals surface area contributed by atoms with Crippen LogP contribution in [0.4, 0.5) is 0 Å². The van der Waals surface area contributed by atoms with Gasteiger partial charge in [-0.1, -0.05) is 29.8 Å². The van der Waals surface area contributed by atoms with Crippen LogP contribution < -0.4 is 10.1 Å². The van der Waals surface area contributed by atoms with Gasteiger partial charge in [0.1, 0.15) is 5.75 Å². The molecule has 0 bridgehead atoms. The molecular weight excluding hydrogens is 330 g/mol. The molecule has 1 aliphatic rings. The number of benzene rings is 1. The molecule has 1 N–H and O–H groups in total. The van der Waals surface area contributed by atoms with Gasteiger partial charge in [-0.15, -0.1) is 0 Å². The molecule has 0 saturated carbocycles. The van der Waals surface area contributed by atoms with Crippen molar-refractivity contribution < 1.29 is 9.47 Å². The van der Waals surface area contributed by atoms with Crippen molar-refractivity contribution in [3.63, 3.8) is 0 Å². The number of halogens is 1. The molecule has 4 heteroatoms. The summed E-state index contributed by atoms with van der Waals surface area (Å²) in [5.74, 6) is 1.59. The van der Waals surface area contributed by atoms with E-state index in [9.17, 15) is 0 Å². The summed E-state index contributed by atoms with van der Waals surface area (Å²) < 4.78 is 12.2. The van der Waals surface area contributed by atoms with E-state index < -0.39 is 0 Å². The van der Waals surface area contributed by atoms with Crippen molar-refractivity contribution in [1.29, 1.82) is 0 Å². The van der Waals surface area contributed by atoms with Gasteiger partial charge in [0.15, 0.2) is 0 Å². The Hall–Kier alpha value is -0.580. The van der Waals surface area contributed by atoms with Crippen LogP contribution in [0.25, 0.3) is 0 Å². The minimum absolute atomic E-state index is 0.198. The lowest BCUT2D eigenvalue weighted by atomic mass is 9.80. The van der Waals surface area contributed by atoms with E-state index in [1.807, 2.05) is 6.07 Å². The van der Waals surface area contributed by atoms with Gasteiger partial charge in [0.05, 0.1) is 13.7 Å². The van der Waals surface area contributed by atoms with Crippen LogP contribution >= 0.6 is 15.9 Å². The third kappa shape index (κ3) is 4.70. The molecule has 1 atom stereocenters. The number of rotatable bonds is 7. The zero-order valence-corrected chi connectivity index (χ0v) is 14.8. The Bertz CT molecular complexity index is 456. The van der Waals surface area contributed by atoms with Gasteiger partial charge >= 0.3 is 0 Å². The first-order chi connectivity index (χ1) is 10.0. The van der Waals surface area contributed by atoms with Gasteiger partial charge in [-0.05, 0) is 49.1 Å². The molecule has 1 aromatic carbocycles. The Labute approximate surface area is 136 Å². The van der Waals surface area contributed by atoms with Crippen molar-refractivity contribution >= 4 is 15.9 Å². The first-order valence-electron chi connectivity index (χ1n) is 7.65. The molecule has 0 spiro atoms. The topological polar surface area (TPSA) is 30.5 Å². The second-order valence-corrected chi connectivity index (χ2v) is 7.32. The average Bonchev–Trinajstić information content (AvgIpc) is 2.89. The van der Waals surface area contributed by atoms with E-state index in [0.29, 0.717) is 5.92 Å². The molecule has 0 aliphatic carbocycles. The Morgan fingerprint density at radius 2 is 2.24 bits per heavy atom. The Morgan fingerprint density at radius 3 is 2.86 bits per heavy atom. The quantitative estimate of drug-likeness (QED) is 0.809. The van der Waals surface area contributed by atoms with Crippen LogP contribution in [0.3, 0.4) is 0 Å². The van der Waals surface area contributed by atoms with Crippen LogP contribution in [-0.2, 0) is 11.2 Å². The predicted octanol–water partition coefficient (Wildman–Crippen LogP) is 3.65. The van der Waals surface area contributed by atoms with Crippen LogP contribution in [0.1, 0.15) is 25.8 Å². The van der Waals surface area contributed by atoms with Gasteiger partial charge in [0.2, 0.25) is 0 Å². The molecule has 0 amide bonds. The number of nitrogens with one attached hydrogen (secondary N) is 1. The lowest BCUT2D eigenvalue weighted by Gasteiger charge is -2.29. The van der Waals surface area contributed by atoms with Crippen molar-refractivity contribution in [1.82, 2.24) is 5.32 Å². The molecule has 1 aromatic rings. The monoisotopic (exact) mass is 355 g/mol. The van der Waals surface area contributed by atoms with Crippen molar-refractivity contribution in [2.24, 2.45) is 11.3 Å². The highest BCUT2D eigenvalue weighted by molar-refractivity contribution is 9.10. The third-order valence-corrected chi connectivity index (χ3v) is 4.83. The number of hydrogen-bond acceptors (Lipinski definition) is 3. The number of ether oxygens (including phenoxy) is 2. The Kier molecular flexibility index (Phi) is 6.08. The van der Waals surface area contributed by atoms with Crippen molar-refractivity contribution in [3.8, 4) is 5.75 Å². The summed E-state index contributed by atoms with van der Waals surface area (Å²) in [6.45, 7) is 8.25. The molecule has 1 saturated heterocycles. The summed E-state index contributed by atoms with van der Waals surface area (Å²) in [5.41, 5.74) is 1.50. The second kappa shape index (κ2) is 7.61. The number of hydrogen-bond donors (Lipinski definition) is 1. The fourth-order valence-corrected chi connectivity index (χ4v) is 3.22. The van der Waals surface area contributed by atoms with E-state index in [4.69, 9.17) is 9.47 Å². The average molecular weight is 356 g/mol. The highest BCUT2D eigenvalue weighted by Crippen LogP contribution is 2.35. The minimum atomic E-state index is 0.198. The maximum atomic E-state index is 5.70. The first-order valence-corrected chi connectivity index (χ1v) is 8.45. The van der Waals surface area contributed by atoms with Crippen molar-refractivity contribution in [3.05, 3.63) is 28.2 Å². The zero-order valence-electron chi connectivity index (χ0n) is 13.2. The summed E-state index contributed by atoms with van der Waals surface area (Å²) >= 11 is 3.67. The standard InChI is InChI=1S/C17H26BrNO2/c1-13(2)10-19-11-17(6-7-21-12-17)9-14-8-15(20-3)4-5-16(14)18/h4-5,8,13,19H,6-7,9-12H2,1-3H3. The summed E-state index contributed by atoms with van der Waals surface area (Å²) in [6.07, 6.45) is 2.12. The Morgan fingerprint density at radius 1 is 1.43 bits per heavy atom. The first kappa shape index (κ1) is 16.8. The predicted molar refractivity (Wildman–Crippen MR) is 90.0 cm³/mol. The van der Waals surface area contributed by atoms with Gasteiger partial charge in [-0.3, -0.25) is 0 Å². The van der Waals surface area contributed by atoms with E-state index in [2.05, 4.69) is 47.2 Å². The maximum absolute atomic E-state index is 5.70. The molecule has 1 aliphatic heterocycles. The lowest BCUT2D eigenvalue weighted by Crippen LogP contribution is -2.38. The largest absolute Gasteiger partial charge is 0.497 e. The summed E-state index contributed by atoms with van der Waals surface area (Å²) in [5, 5.41) is 3.61. The lowest BCUT2D eigenvalue weighted by molar-refractivity contribution is 0.148. The minimum Gasteiger partial charge on any atom is -0.497 e. The van der Waals surface area contributed by atoms with E-state index in [1.54, 1.807) is 7.11 Å². The smallest absolute Gasteiger partial charge is 0.119 e. The number of methoxy groups -OCH3 is 1. The maximum Gasteiger partial charge on any atom is 0.119 e. The molecule has 21 heavy (non-hydrogen) atoms. The van der Waals surface area contributed by atoms with Crippen LogP contribution in [0.2, 0.25) is 0 Å². The SMILES string of the molecule is COc1ccc(Br)c(CC2(CNCC(C)C)CCOC2)c1. The van der Waals surface area contributed by atoms with Gasteiger partial charge in [0, 0.05) is 23.0 Å². The van der Waals surface area contributed by atoms with Crippen LogP contribution in [0.5, 0.6) is 5.75 Å². The molecule has 0 aromatic heterocycles. The van der Waals surface area contributed by atoms with Crippen molar-refractivity contribution in [2.45, 2.75) is 26.7 Å². The van der Waals surface area contributed by atoms with E-state index >= 15 is 0 Å². The normalized spacial score (nSPS) is 22.0. The van der Waals surface area contributed by atoms with Gasteiger partial charge in [-0.2, -0.15) is 0 Å². The highest BCUT2D eigenvalue weighted by atomic mass is 79.9. The summed E-state index contributed by atoms with van der Waals surface area (Å²) in [6, 6.07) is 6.19. The molecule has 2 rings (SSSR count). The molecule has 118 valence electrons. The molecule has 0 radical (unpaired) electrons. The van der Waals surface area contributed by atoms with Gasteiger partial charge < -0.3 is 14.8 Å². The van der Waals surface area contributed by atoms with Gasteiger partial charge in [-0.25, -0.2) is 0 Å². The second-order valence-electron chi connectivity index (χ2n) is 6.46. The van der Waals surface area contributed by atoms with Crippen LogP contribution in [-0.4, -0.2) is 33.4 Å². The highest BCUT2D eigenvalue weighted by Gasteiger charge is 2.35. The summed E-state index contributed by atoms with van der Waals surface area (Å²) in [7, 11) is 1.71. The third-order valence-electron chi connectivity index (χ3n) is 4.06. The zero-order chi connectivity index (χ0) is 15.3. The van der Waals surface area contributed by atoms with Crippen molar-refractivity contribution in [2.75, 3.05) is 33.4 Å². The molecule has 1 unspecified atom stereocenters. The fourth-order valence-electron chi connectivity index (χ4n) is 2.83. The Balaban J connectivity index is 2.08. The molecule has 1 fully saturated rings. The van der Waals surface area contributed by atoms with Gasteiger partial charge in [0.25, 0.3) is 0 Å².